The van der Waals surface area contributed by atoms with Gasteiger partial charge in [-0.3, -0.25) is 0 Å². The lowest BCUT2D eigenvalue weighted by molar-refractivity contribution is -0.138. The van der Waals surface area contributed by atoms with E-state index in [1.54, 1.807) is 0 Å². The first-order valence-electron chi connectivity index (χ1n) is 19.1. The lowest BCUT2D eigenvalue weighted by Crippen LogP contribution is -2.24. The van der Waals surface area contributed by atoms with Crippen molar-refractivity contribution in [2.24, 2.45) is 5.92 Å². The van der Waals surface area contributed by atoms with Crippen molar-refractivity contribution in [1.82, 2.24) is 0 Å². The fourth-order valence-electron chi connectivity index (χ4n) is 6.15. The van der Waals surface area contributed by atoms with Gasteiger partial charge in [0, 0.05) is 12.5 Å². The molecular formula is C38H78O2. The van der Waals surface area contributed by atoms with Gasteiger partial charge in [0.05, 0.1) is 0 Å². The number of hydrogen-bond acceptors (Lipinski definition) is 2. The molecule has 0 aliphatic heterocycles. The number of aliphatic hydroxyl groups is 1. The van der Waals surface area contributed by atoms with Crippen LogP contribution in [0.2, 0.25) is 0 Å². The van der Waals surface area contributed by atoms with Gasteiger partial charge in [0.2, 0.25) is 0 Å². The Balaban J connectivity index is 3.79. The number of rotatable bonds is 35. The van der Waals surface area contributed by atoms with Crippen LogP contribution in [0.4, 0.5) is 0 Å². The van der Waals surface area contributed by atoms with Crippen LogP contribution in [0.15, 0.2) is 0 Å². The van der Waals surface area contributed by atoms with Gasteiger partial charge in [0.1, 0.15) is 0 Å². The second-order valence-corrected chi connectivity index (χ2v) is 13.1. The molecule has 0 radical (unpaired) electrons. The van der Waals surface area contributed by atoms with Gasteiger partial charge < -0.3 is 9.84 Å². The highest BCUT2D eigenvalue weighted by Gasteiger charge is 2.19. The van der Waals surface area contributed by atoms with Crippen molar-refractivity contribution >= 4 is 0 Å². The standard InChI is InChI=1S/C38H78O2/c1-4-7-10-13-16-18-19-20-21-22-23-24-25-27-30-33-36-40-38(39)37(34-31-28-15-12-9-6-3)35-32-29-26-17-14-11-8-5-2/h37-39H,4-36H2,1-3H3. The molecule has 40 heavy (non-hydrogen) atoms. The molecule has 2 nitrogen and oxygen atoms in total. The van der Waals surface area contributed by atoms with Crippen molar-refractivity contribution in [3.63, 3.8) is 0 Å². The Morgan fingerprint density at radius 2 is 0.600 bits per heavy atom. The van der Waals surface area contributed by atoms with E-state index in [1.807, 2.05) is 0 Å². The van der Waals surface area contributed by atoms with Gasteiger partial charge in [-0.15, -0.1) is 0 Å². The normalized spacial score (nSPS) is 13.2. The zero-order valence-corrected chi connectivity index (χ0v) is 28.3. The molecule has 0 aromatic heterocycles. The minimum atomic E-state index is -0.545. The highest BCUT2D eigenvalue weighted by atomic mass is 16.6. The highest BCUT2D eigenvalue weighted by molar-refractivity contribution is 4.64. The molecular weight excluding hydrogens is 488 g/mol. The minimum absolute atomic E-state index is 0.340. The van der Waals surface area contributed by atoms with Gasteiger partial charge in [-0.2, -0.15) is 0 Å². The third-order valence-corrected chi connectivity index (χ3v) is 9.05. The van der Waals surface area contributed by atoms with Crippen LogP contribution in [-0.2, 0) is 4.74 Å². The summed E-state index contributed by atoms with van der Waals surface area (Å²) in [5.41, 5.74) is 0. The second kappa shape index (κ2) is 35.1. The van der Waals surface area contributed by atoms with E-state index in [0.29, 0.717) is 5.92 Å². The summed E-state index contributed by atoms with van der Waals surface area (Å²) in [5.74, 6) is 0.340. The van der Waals surface area contributed by atoms with E-state index < -0.39 is 6.29 Å². The Morgan fingerprint density at radius 3 is 0.900 bits per heavy atom. The van der Waals surface area contributed by atoms with Gasteiger partial charge in [0.25, 0.3) is 0 Å². The van der Waals surface area contributed by atoms with Crippen molar-refractivity contribution in [2.75, 3.05) is 6.61 Å². The van der Waals surface area contributed by atoms with E-state index in [0.717, 1.165) is 25.9 Å². The molecule has 2 heteroatoms. The number of unbranched alkanes of at least 4 members (excludes halogenated alkanes) is 27. The van der Waals surface area contributed by atoms with Gasteiger partial charge in [-0.05, 0) is 19.3 Å². The smallest absolute Gasteiger partial charge is 0.157 e. The lowest BCUT2D eigenvalue weighted by atomic mass is 9.93. The van der Waals surface area contributed by atoms with Crippen molar-refractivity contribution in [2.45, 2.75) is 233 Å². The van der Waals surface area contributed by atoms with E-state index >= 15 is 0 Å². The molecule has 0 amide bonds. The Bertz CT molecular complexity index is 437. The largest absolute Gasteiger partial charge is 0.368 e. The topological polar surface area (TPSA) is 29.5 Å². The van der Waals surface area contributed by atoms with Gasteiger partial charge in [-0.1, -0.05) is 207 Å². The summed E-state index contributed by atoms with van der Waals surface area (Å²) in [6, 6.07) is 0. The third kappa shape index (κ3) is 30.9. The molecule has 0 heterocycles. The quantitative estimate of drug-likeness (QED) is 0.0610. The first kappa shape index (κ1) is 39.9. The number of ether oxygens (including phenoxy) is 1. The molecule has 0 aromatic carbocycles. The Hall–Kier alpha value is -0.0800. The Kier molecular flexibility index (Phi) is 35.0. The molecule has 0 aliphatic rings. The fourth-order valence-corrected chi connectivity index (χ4v) is 6.15. The zero-order valence-electron chi connectivity index (χ0n) is 28.3. The van der Waals surface area contributed by atoms with E-state index in [2.05, 4.69) is 20.8 Å². The summed E-state index contributed by atoms with van der Waals surface area (Å²) in [7, 11) is 0. The van der Waals surface area contributed by atoms with Crippen LogP contribution in [0.3, 0.4) is 0 Å². The molecule has 0 rings (SSSR count). The molecule has 0 aromatic rings. The van der Waals surface area contributed by atoms with E-state index in [9.17, 15) is 5.11 Å². The maximum absolute atomic E-state index is 10.9. The van der Waals surface area contributed by atoms with Crippen LogP contribution in [0.25, 0.3) is 0 Å². The first-order valence-corrected chi connectivity index (χ1v) is 19.1. The third-order valence-electron chi connectivity index (χ3n) is 9.05. The van der Waals surface area contributed by atoms with Crippen molar-refractivity contribution < 1.29 is 9.84 Å². The van der Waals surface area contributed by atoms with Crippen LogP contribution in [-0.4, -0.2) is 18.0 Å². The first-order chi connectivity index (χ1) is 19.8. The predicted octanol–water partition coefficient (Wildman–Crippen LogP) is 13.5. The predicted molar refractivity (Wildman–Crippen MR) is 180 cm³/mol. The van der Waals surface area contributed by atoms with Gasteiger partial charge in [-0.25, -0.2) is 0 Å². The lowest BCUT2D eigenvalue weighted by Gasteiger charge is -2.23. The van der Waals surface area contributed by atoms with Crippen molar-refractivity contribution in [3.05, 3.63) is 0 Å². The van der Waals surface area contributed by atoms with Crippen LogP contribution in [0, 0.1) is 5.92 Å². The molecule has 0 spiro atoms. The van der Waals surface area contributed by atoms with E-state index in [1.165, 1.54) is 186 Å². The Morgan fingerprint density at radius 1 is 0.350 bits per heavy atom. The van der Waals surface area contributed by atoms with E-state index in [4.69, 9.17) is 4.74 Å². The average molecular weight is 567 g/mol. The van der Waals surface area contributed by atoms with Crippen molar-refractivity contribution in [1.29, 1.82) is 0 Å². The zero-order chi connectivity index (χ0) is 29.2. The molecule has 0 aliphatic carbocycles. The SMILES string of the molecule is CCCCCCCCCCCCCCCCCCOC(O)C(CCCCCCCC)CCCCCCCCCC. The summed E-state index contributed by atoms with van der Waals surface area (Å²) in [6.45, 7) is 7.61. The number of hydrogen-bond donors (Lipinski definition) is 1. The molecule has 0 bridgehead atoms. The van der Waals surface area contributed by atoms with Gasteiger partial charge >= 0.3 is 0 Å². The maximum Gasteiger partial charge on any atom is 0.157 e. The summed E-state index contributed by atoms with van der Waals surface area (Å²) in [6.07, 6.45) is 42.9. The molecule has 2 unspecified atom stereocenters. The molecule has 1 N–H and O–H groups in total. The second-order valence-electron chi connectivity index (χ2n) is 13.1. The summed E-state index contributed by atoms with van der Waals surface area (Å²) >= 11 is 0. The van der Waals surface area contributed by atoms with Gasteiger partial charge in [0.15, 0.2) is 6.29 Å². The van der Waals surface area contributed by atoms with Crippen LogP contribution in [0.1, 0.15) is 226 Å². The monoisotopic (exact) mass is 567 g/mol. The van der Waals surface area contributed by atoms with Crippen LogP contribution < -0.4 is 0 Å². The summed E-state index contributed by atoms with van der Waals surface area (Å²) in [4.78, 5) is 0. The van der Waals surface area contributed by atoms with Crippen molar-refractivity contribution in [3.8, 4) is 0 Å². The highest BCUT2D eigenvalue weighted by Crippen LogP contribution is 2.24. The molecule has 242 valence electrons. The minimum Gasteiger partial charge on any atom is -0.368 e. The molecule has 0 saturated heterocycles. The number of aliphatic hydroxyl groups excluding tert-OH is 1. The average Bonchev–Trinajstić information content (AvgIpc) is 2.96. The molecule has 2 atom stereocenters. The Labute approximate surface area is 254 Å². The fraction of sp³-hybridized carbons (Fsp3) is 1.00. The summed E-state index contributed by atoms with van der Waals surface area (Å²) in [5, 5.41) is 10.9. The maximum atomic E-state index is 10.9. The van der Waals surface area contributed by atoms with E-state index in [-0.39, 0.29) is 0 Å². The van der Waals surface area contributed by atoms with Crippen LogP contribution >= 0.6 is 0 Å². The van der Waals surface area contributed by atoms with Crippen LogP contribution in [0.5, 0.6) is 0 Å². The molecule has 0 fully saturated rings. The summed E-state index contributed by atoms with van der Waals surface area (Å²) < 4.78 is 6.00. The molecule has 0 saturated carbocycles.